The number of rotatable bonds is 5. The van der Waals surface area contributed by atoms with Crippen LogP contribution in [0.3, 0.4) is 0 Å². The maximum absolute atomic E-state index is 13.2. The highest BCUT2D eigenvalue weighted by Crippen LogP contribution is 2.24. The summed E-state index contributed by atoms with van der Waals surface area (Å²) in [5.74, 6) is -0.195. The molecule has 0 saturated carbocycles. The van der Waals surface area contributed by atoms with Gasteiger partial charge >= 0.3 is 0 Å². The molecule has 2 nitrogen and oxygen atoms in total. The first kappa shape index (κ1) is 15.3. The smallest absolute Gasteiger partial charge is 0.123 e. The Morgan fingerprint density at radius 1 is 0.870 bits per heavy atom. The Kier molecular flexibility index (Phi) is 4.69. The molecule has 0 unspecified atom stereocenters. The van der Waals surface area contributed by atoms with E-state index in [-0.39, 0.29) is 5.82 Å². The van der Waals surface area contributed by atoms with E-state index in [4.69, 9.17) is 0 Å². The zero-order valence-electron chi connectivity index (χ0n) is 13.0. The Morgan fingerprint density at radius 3 is 2.30 bits per heavy atom. The molecule has 0 fully saturated rings. The third-order valence-electron chi connectivity index (χ3n) is 3.75. The SMILES string of the molecule is Cc1cc(F)ccc1-c1ccc(CNNc2ccccc2)cc1. The molecule has 0 spiro atoms. The highest BCUT2D eigenvalue weighted by molar-refractivity contribution is 5.67. The van der Waals surface area contributed by atoms with E-state index in [1.165, 1.54) is 11.6 Å². The largest absolute Gasteiger partial charge is 0.321 e. The quantitative estimate of drug-likeness (QED) is 0.654. The van der Waals surface area contributed by atoms with Gasteiger partial charge in [0.1, 0.15) is 5.82 Å². The van der Waals surface area contributed by atoms with Gasteiger partial charge in [-0.2, -0.15) is 0 Å². The Morgan fingerprint density at radius 2 is 1.61 bits per heavy atom. The average Bonchev–Trinajstić information content (AvgIpc) is 2.57. The van der Waals surface area contributed by atoms with E-state index in [0.717, 1.165) is 28.9 Å². The summed E-state index contributed by atoms with van der Waals surface area (Å²) in [5.41, 5.74) is 11.7. The molecule has 0 atom stereocenters. The van der Waals surface area contributed by atoms with E-state index in [9.17, 15) is 4.39 Å². The Labute approximate surface area is 136 Å². The van der Waals surface area contributed by atoms with E-state index < -0.39 is 0 Å². The van der Waals surface area contributed by atoms with Crippen molar-refractivity contribution in [3.63, 3.8) is 0 Å². The molecule has 0 aliphatic carbocycles. The van der Waals surface area contributed by atoms with Crippen LogP contribution in [0.15, 0.2) is 72.8 Å². The van der Waals surface area contributed by atoms with Crippen LogP contribution in [0.2, 0.25) is 0 Å². The second-order valence-electron chi connectivity index (χ2n) is 5.50. The fraction of sp³-hybridized carbons (Fsp3) is 0.100. The minimum atomic E-state index is -0.195. The molecule has 0 amide bonds. The predicted octanol–water partition coefficient (Wildman–Crippen LogP) is 4.92. The summed E-state index contributed by atoms with van der Waals surface area (Å²) in [6, 6.07) is 23.2. The van der Waals surface area contributed by atoms with Crippen molar-refractivity contribution < 1.29 is 4.39 Å². The monoisotopic (exact) mass is 306 g/mol. The number of halogens is 1. The van der Waals surface area contributed by atoms with Crippen molar-refractivity contribution in [2.24, 2.45) is 0 Å². The van der Waals surface area contributed by atoms with Crippen LogP contribution in [0.1, 0.15) is 11.1 Å². The number of para-hydroxylation sites is 1. The number of benzene rings is 3. The zero-order valence-corrected chi connectivity index (χ0v) is 13.0. The van der Waals surface area contributed by atoms with Crippen LogP contribution in [0, 0.1) is 12.7 Å². The van der Waals surface area contributed by atoms with Crippen molar-refractivity contribution in [1.82, 2.24) is 5.43 Å². The van der Waals surface area contributed by atoms with Crippen molar-refractivity contribution in [2.75, 3.05) is 5.43 Å². The predicted molar refractivity (Wildman–Crippen MR) is 93.5 cm³/mol. The first-order chi connectivity index (χ1) is 11.2. The molecule has 3 aromatic carbocycles. The molecule has 0 bridgehead atoms. The number of nitrogens with one attached hydrogen (secondary N) is 2. The van der Waals surface area contributed by atoms with Gasteiger partial charge in [0.15, 0.2) is 0 Å². The zero-order chi connectivity index (χ0) is 16.1. The summed E-state index contributed by atoms with van der Waals surface area (Å²) in [4.78, 5) is 0. The van der Waals surface area contributed by atoms with E-state index in [1.807, 2.05) is 43.3 Å². The fourth-order valence-corrected chi connectivity index (χ4v) is 2.52. The lowest BCUT2D eigenvalue weighted by molar-refractivity contribution is 0.627. The molecule has 23 heavy (non-hydrogen) atoms. The summed E-state index contributed by atoms with van der Waals surface area (Å²) >= 11 is 0. The number of hydrogen-bond donors (Lipinski definition) is 2. The summed E-state index contributed by atoms with van der Waals surface area (Å²) in [6.07, 6.45) is 0. The molecule has 3 aromatic rings. The topological polar surface area (TPSA) is 24.1 Å². The van der Waals surface area contributed by atoms with Crippen molar-refractivity contribution in [3.8, 4) is 11.1 Å². The van der Waals surface area contributed by atoms with Crippen molar-refractivity contribution >= 4 is 5.69 Å². The molecular formula is C20H19FN2. The Hall–Kier alpha value is -2.65. The molecule has 3 rings (SSSR count). The Balaban J connectivity index is 1.63. The molecule has 0 aliphatic heterocycles. The molecule has 0 saturated heterocycles. The number of hydrazine groups is 1. The van der Waals surface area contributed by atoms with Crippen LogP contribution in [-0.2, 0) is 6.54 Å². The van der Waals surface area contributed by atoms with Gasteiger partial charge in [0.05, 0.1) is 0 Å². The number of hydrogen-bond acceptors (Lipinski definition) is 2. The van der Waals surface area contributed by atoms with Crippen molar-refractivity contribution in [1.29, 1.82) is 0 Å². The lowest BCUT2D eigenvalue weighted by Crippen LogP contribution is -2.20. The van der Waals surface area contributed by atoms with E-state index in [1.54, 1.807) is 6.07 Å². The number of aryl methyl sites for hydroxylation is 1. The second kappa shape index (κ2) is 7.07. The van der Waals surface area contributed by atoms with Crippen LogP contribution in [0.5, 0.6) is 0 Å². The standard InChI is InChI=1S/C20H19FN2/c1-15-13-18(21)11-12-20(15)17-9-7-16(8-10-17)14-22-23-19-5-3-2-4-6-19/h2-13,22-23H,14H2,1H3. The van der Waals surface area contributed by atoms with E-state index in [2.05, 4.69) is 35.1 Å². The maximum atomic E-state index is 13.2. The average molecular weight is 306 g/mol. The van der Waals surface area contributed by atoms with Crippen LogP contribution in [0.4, 0.5) is 10.1 Å². The van der Waals surface area contributed by atoms with Gasteiger partial charge in [-0.3, -0.25) is 0 Å². The second-order valence-corrected chi connectivity index (χ2v) is 5.50. The van der Waals surface area contributed by atoms with Gasteiger partial charge in [0.25, 0.3) is 0 Å². The molecule has 0 aliphatic rings. The summed E-state index contributed by atoms with van der Waals surface area (Å²) in [6.45, 7) is 2.65. The molecule has 116 valence electrons. The third-order valence-corrected chi connectivity index (χ3v) is 3.75. The van der Waals surface area contributed by atoms with Gasteiger partial charge in [-0.1, -0.05) is 48.5 Å². The third kappa shape index (κ3) is 3.96. The van der Waals surface area contributed by atoms with Gasteiger partial charge < -0.3 is 5.43 Å². The minimum absolute atomic E-state index is 0.195. The summed E-state index contributed by atoms with van der Waals surface area (Å²) in [7, 11) is 0. The maximum Gasteiger partial charge on any atom is 0.123 e. The van der Waals surface area contributed by atoms with Crippen molar-refractivity contribution in [3.05, 3.63) is 89.7 Å². The van der Waals surface area contributed by atoms with Gasteiger partial charge in [-0.05, 0) is 53.4 Å². The lowest BCUT2D eigenvalue weighted by Gasteiger charge is -2.10. The fourth-order valence-electron chi connectivity index (χ4n) is 2.52. The summed E-state index contributed by atoms with van der Waals surface area (Å²) < 4.78 is 13.2. The van der Waals surface area contributed by atoms with Gasteiger partial charge in [-0.25, -0.2) is 9.82 Å². The molecule has 3 heteroatoms. The van der Waals surface area contributed by atoms with Gasteiger partial charge in [0, 0.05) is 12.2 Å². The van der Waals surface area contributed by atoms with Gasteiger partial charge in [-0.15, -0.1) is 0 Å². The number of anilines is 1. The van der Waals surface area contributed by atoms with Crippen LogP contribution >= 0.6 is 0 Å². The normalized spacial score (nSPS) is 10.5. The molecular weight excluding hydrogens is 287 g/mol. The van der Waals surface area contributed by atoms with Crippen LogP contribution in [-0.4, -0.2) is 0 Å². The summed E-state index contributed by atoms with van der Waals surface area (Å²) in [5, 5.41) is 0. The first-order valence-electron chi connectivity index (χ1n) is 7.62. The van der Waals surface area contributed by atoms with Crippen LogP contribution in [0.25, 0.3) is 11.1 Å². The lowest BCUT2D eigenvalue weighted by atomic mass is 9.99. The first-order valence-corrected chi connectivity index (χ1v) is 7.62. The van der Waals surface area contributed by atoms with Crippen LogP contribution < -0.4 is 10.9 Å². The molecule has 2 N–H and O–H groups in total. The minimum Gasteiger partial charge on any atom is -0.321 e. The molecule has 0 heterocycles. The highest BCUT2D eigenvalue weighted by atomic mass is 19.1. The van der Waals surface area contributed by atoms with Crippen molar-refractivity contribution in [2.45, 2.75) is 13.5 Å². The van der Waals surface area contributed by atoms with Gasteiger partial charge in [0.2, 0.25) is 0 Å². The molecule has 0 radical (unpaired) electrons. The highest BCUT2D eigenvalue weighted by Gasteiger charge is 2.03. The van der Waals surface area contributed by atoms with E-state index >= 15 is 0 Å². The Bertz CT molecular complexity index is 767. The molecule has 0 aromatic heterocycles. The van der Waals surface area contributed by atoms with E-state index in [0.29, 0.717) is 0 Å².